The van der Waals surface area contributed by atoms with Crippen molar-refractivity contribution >= 4 is 35.8 Å². The average molecular weight is 452 g/mol. The SMILES string of the molecule is CCCCCCN=C(NCC)NCCC(=O)N1CCCCC1C.I. The smallest absolute Gasteiger partial charge is 0.224 e. The second-order valence-corrected chi connectivity index (χ2v) is 6.43. The van der Waals surface area contributed by atoms with Gasteiger partial charge in [-0.25, -0.2) is 0 Å². The van der Waals surface area contributed by atoms with Crippen molar-refractivity contribution in [3.63, 3.8) is 0 Å². The number of hydrogen-bond donors (Lipinski definition) is 2. The summed E-state index contributed by atoms with van der Waals surface area (Å²) >= 11 is 0. The average Bonchev–Trinajstić information content (AvgIpc) is 2.55. The predicted octanol–water partition coefficient (Wildman–Crippen LogP) is 3.53. The minimum Gasteiger partial charge on any atom is -0.357 e. The van der Waals surface area contributed by atoms with Crippen LogP contribution in [0.5, 0.6) is 0 Å². The van der Waals surface area contributed by atoms with Gasteiger partial charge in [-0.3, -0.25) is 9.79 Å². The standard InChI is InChI=1S/C18H36N4O.HI/c1-4-6-7-9-13-20-18(19-5-2)21-14-12-17(23)22-15-10-8-11-16(22)3;/h16H,4-15H2,1-3H3,(H2,19,20,21);1H. The topological polar surface area (TPSA) is 56.7 Å². The van der Waals surface area contributed by atoms with E-state index in [4.69, 9.17) is 0 Å². The van der Waals surface area contributed by atoms with Gasteiger partial charge >= 0.3 is 0 Å². The lowest BCUT2D eigenvalue weighted by atomic mass is 10.0. The predicted molar refractivity (Wildman–Crippen MR) is 113 cm³/mol. The Labute approximate surface area is 165 Å². The Hall–Kier alpha value is -0.530. The minimum absolute atomic E-state index is 0. The molecule has 1 rings (SSSR count). The van der Waals surface area contributed by atoms with E-state index in [1.165, 1.54) is 25.7 Å². The highest BCUT2D eigenvalue weighted by atomic mass is 127. The van der Waals surface area contributed by atoms with Crippen LogP contribution in [0.15, 0.2) is 4.99 Å². The number of halogens is 1. The first kappa shape index (κ1) is 23.5. The van der Waals surface area contributed by atoms with Crippen LogP contribution in [-0.2, 0) is 4.79 Å². The first-order valence-electron chi connectivity index (χ1n) is 9.50. The van der Waals surface area contributed by atoms with Gasteiger partial charge in [0.1, 0.15) is 0 Å². The van der Waals surface area contributed by atoms with Crippen LogP contribution in [0.2, 0.25) is 0 Å². The number of hydrogen-bond acceptors (Lipinski definition) is 2. The van der Waals surface area contributed by atoms with Gasteiger partial charge in [-0.15, -0.1) is 24.0 Å². The van der Waals surface area contributed by atoms with Crippen molar-refractivity contribution in [2.24, 2.45) is 4.99 Å². The van der Waals surface area contributed by atoms with Crippen LogP contribution in [0.4, 0.5) is 0 Å². The number of unbranched alkanes of at least 4 members (excludes halogenated alkanes) is 3. The number of likely N-dealkylation sites (tertiary alicyclic amines) is 1. The molecule has 1 unspecified atom stereocenters. The molecule has 0 spiro atoms. The Bertz CT molecular complexity index is 363. The van der Waals surface area contributed by atoms with Crippen LogP contribution in [-0.4, -0.2) is 49.0 Å². The Morgan fingerprint density at radius 3 is 2.62 bits per heavy atom. The highest BCUT2D eigenvalue weighted by Gasteiger charge is 2.22. The molecule has 0 radical (unpaired) electrons. The molecule has 24 heavy (non-hydrogen) atoms. The lowest BCUT2D eigenvalue weighted by Gasteiger charge is -2.33. The van der Waals surface area contributed by atoms with E-state index in [1.807, 2.05) is 4.90 Å². The van der Waals surface area contributed by atoms with Gasteiger partial charge < -0.3 is 15.5 Å². The molecule has 1 aliphatic heterocycles. The largest absolute Gasteiger partial charge is 0.357 e. The van der Waals surface area contributed by atoms with Crippen molar-refractivity contribution < 1.29 is 4.79 Å². The molecule has 2 N–H and O–H groups in total. The summed E-state index contributed by atoms with van der Waals surface area (Å²) < 4.78 is 0. The summed E-state index contributed by atoms with van der Waals surface area (Å²) in [6.07, 6.45) is 8.98. The van der Waals surface area contributed by atoms with E-state index in [9.17, 15) is 4.79 Å². The van der Waals surface area contributed by atoms with Crippen LogP contribution in [0.1, 0.15) is 72.1 Å². The van der Waals surface area contributed by atoms with Crippen molar-refractivity contribution in [3.05, 3.63) is 0 Å². The van der Waals surface area contributed by atoms with Gasteiger partial charge in [0.05, 0.1) is 0 Å². The second kappa shape index (κ2) is 14.8. The number of aliphatic imine (C=N–C) groups is 1. The molecule has 1 saturated heterocycles. The van der Waals surface area contributed by atoms with E-state index in [0.29, 0.717) is 19.0 Å². The summed E-state index contributed by atoms with van der Waals surface area (Å²) in [6, 6.07) is 0.400. The van der Waals surface area contributed by atoms with E-state index >= 15 is 0 Å². The minimum atomic E-state index is 0. The fraction of sp³-hybridized carbons (Fsp3) is 0.889. The maximum Gasteiger partial charge on any atom is 0.224 e. The van der Waals surface area contributed by atoms with Gasteiger partial charge in [-0.05, 0) is 39.5 Å². The second-order valence-electron chi connectivity index (χ2n) is 6.43. The zero-order valence-corrected chi connectivity index (χ0v) is 18.1. The molecular weight excluding hydrogens is 415 g/mol. The third kappa shape index (κ3) is 9.69. The van der Waals surface area contributed by atoms with Crippen molar-refractivity contribution in [3.8, 4) is 0 Å². The van der Waals surface area contributed by atoms with Gasteiger partial charge in [-0.1, -0.05) is 26.2 Å². The Balaban J connectivity index is 0.00000529. The van der Waals surface area contributed by atoms with E-state index < -0.39 is 0 Å². The molecule has 0 aromatic carbocycles. The summed E-state index contributed by atoms with van der Waals surface area (Å²) in [5.74, 6) is 1.10. The normalized spacial score (nSPS) is 18.0. The van der Waals surface area contributed by atoms with Gasteiger partial charge in [0.25, 0.3) is 0 Å². The maximum atomic E-state index is 12.3. The molecule has 1 heterocycles. The lowest BCUT2D eigenvalue weighted by molar-refractivity contribution is -0.134. The van der Waals surface area contributed by atoms with Crippen molar-refractivity contribution in [2.45, 2.75) is 78.2 Å². The van der Waals surface area contributed by atoms with Gasteiger partial charge in [0, 0.05) is 38.6 Å². The third-order valence-electron chi connectivity index (χ3n) is 4.38. The number of carbonyl (C=O) groups excluding carboxylic acids is 1. The lowest BCUT2D eigenvalue weighted by Crippen LogP contribution is -2.44. The zero-order chi connectivity index (χ0) is 16.9. The molecule has 0 bridgehead atoms. The van der Waals surface area contributed by atoms with Gasteiger partial charge in [0.2, 0.25) is 5.91 Å². The van der Waals surface area contributed by atoms with E-state index in [1.54, 1.807) is 0 Å². The molecule has 0 aliphatic carbocycles. The number of guanidine groups is 1. The molecule has 0 saturated carbocycles. The summed E-state index contributed by atoms with van der Waals surface area (Å²) in [5, 5.41) is 6.54. The summed E-state index contributed by atoms with van der Waals surface area (Å²) in [6.45, 7) is 9.72. The van der Waals surface area contributed by atoms with E-state index in [2.05, 4.69) is 36.4 Å². The number of nitrogens with one attached hydrogen (secondary N) is 2. The first-order valence-corrected chi connectivity index (χ1v) is 9.50. The van der Waals surface area contributed by atoms with Crippen LogP contribution < -0.4 is 10.6 Å². The number of nitrogens with zero attached hydrogens (tertiary/aromatic N) is 2. The molecule has 1 aliphatic rings. The number of rotatable bonds is 9. The molecule has 6 heteroatoms. The summed E-state index contributed by atoms with van der Waals surface area (Å²) in [5.41, 5.74) is 0. The molecule has 1 atom stereocenters. The van der Waals surface area contributed by atoms with Crippen LogP contribution in [0.25, 0.3) is 0 Å². The number of piperidine rings is 1. The van der Waals surface area contributed by atoms with Crippen LogP contribution in [0.3, 0.4) is 0 Å². The monoisotopic (exact) mass is 452 g/mol. The Morgan fingerprint density at radius 1 is 1.17 bits per heavy atom. The van der Waals surface area contributed by atoms with E-state index in [-0.39, 0.29) is 29.9 Å². The Kier molecular flexibility index (Phi) is 14.5. The number of carbonyl (C=O) groups is 1. The van der Waals surface area contributed by atoms with E-state index in [0.717, 1.165) is 44.9 Å². The van der Waals surface area contributed by atoms with Crippen molar-refractivity contribution in [1.82, 2.24) is 15.5 Å². The van der Waals surface area contributed by atoms with Crippen molar-refractivity contribution in [2.75, 3.05) is 26.2 Å². The highest BCUT2D eigenvalue weighted by Crippen LogP contribution is 2.16. The van der Waals surface area contributed by atoms with Crippen molar-refractivity contribution in [1.29, 1.82) is 0 Å². The molecule has 1 amide bonds. The fourth-order valence-electron chi connectivity index (χ4n) is 2.97. The fourth-order valence-corrected chi connectivity index (χ4v) is 2.97. The van der Waals surface area contributed by atoms with Crippen LogP contribution in [0, 0.1) is 0 Å². The van der Waals surface area contributed by atoms with Crippen LogP contribution >= 0.6 is 24.0 Å². The Morgan fingerprint density at radius 2 is 1.96 bits per heavy atom. The molecule has 0 aromatic rings. The third-order valence-corrected chi connectivity index (χ3v) is 4.38. The molecule has 1 fully saturated rings. The van der Waals surface area contributed by atoms with Gasteiger partial charge in [-0.2, -0.15) is 0 Å². The maximum absolute atomic E-state index is 12.3. The zero-order valence-electron chi connectivity index (χ0n) is 15.8. The molecule has 142 valence electrons. The molecule has 0 aromatic heterocycles. The molecule has 5 nitrogen and oxygen atoms in total. The molecular formula is C18H37IN4O. The first-order chi connectivity index (χ1) is 11.2. The van der Waals surface area contributed by atoms with Gasteiger partial charge in [0.15, 0.2) is 5.96 Å². The highest BCUT2D eigenvalue weighted by molar-refractivity contribution is 14.0. The number of amides is 1. The summed E-state index contributed by atoms with van der Waals surface area (Å²) in [7, 11) is 0. The quantitative estimate of drug-likeness (QED) is 0.244. The summed E-state index contributed by atoms with van der Waals surface area (Å²) in [4.78, 5) is 18.9.